The zero-order valence-electron chi connectivity index (χ0n) is 68.6. The normalized spacial score (nSPS) is 41.8. The summed E-state index contributed by atoms with van der Waals surface area (Å²) in [6.45, 7) is 32.1. The van der Waals surface area contributed by atoms with Crippen LogP contribution in [0.25, 0.3) is 0 Å². The van der Waals surface area contributed by atoms with Gasteiger partial charge >= 0.3 is 18.1 Å². The van der Waals surface area contributed by atoms with E-state index in [2.05, 4.69) is 26.7 Å². The van der Waals surface area contributed by atoms with Crippen LogP contribution in [0.4, 0.5) is 18.0 Å². The van der Waals surface area contributed by atoms with Crippen molar-refractivity contribution in [3.63, 3.8) is 0 Å². The predicted molar refractivity (Wildman–Crippen MR) is 428 cm³/mol. The Kier molecular flexibility index (Phi) is 26.8. The van der Waals surface area contributed by atoms with Crippen molar-refractivity contribution in [3.8, 4) is 0 Å². The average molecular weight is 1620 g/mol. The number of aliphatic hydroxyl groups excluding tert-OH is 3. The van der Waals surface area contributed by atoms with E-state index in [0.29, 0.717) is 96.3 Å². The highest BCUT2D eigenvalue weighted by atomic mass is 33.1. The number of aliphatic hydroxyl groups is 6. The van der Waals surface area contributed by atoms with Crippen LogP contribution in [0.5, 0.6) is 0 Å². The Morgan fingerprint density at radius 2 is 0.779 bits per heavy atom. The summed E-state index contributed by atoms with van der Waals surface area (Å²) in [6.07, 6.45) is 20.1. The molecule has 0 heterocycles. The summed E-state index contributed by atoms with van der Waals surface area (Å²) in [6, 6.07) is 0. The van der Waals surface area contributed by atoms with Gasteiger partial charge in [0.15, 0.2) is 36.8 Å². The minimum Gasteiger partial charge on any atom is -0.458 e. The molecule has 23 heteroatoms. The van der Waals surface area contributed by atoms with Gasteiger partial charge in [0.2, 0.25) is 17.3 Å². The second kappa shape index (κ2) is 33.7. The molecule has 0 unspecified atom stereocenters. The monoisotopic (exact) mass is 1610 g/mol. The highest BCUT2D eigenvalue weighted by Gasteiger charge is 2.79. The van der Waals surface area contributed by atoms with Gasteiger partial charge in [-0.2, -0.15) is 0 Å². The quantitative estimate of drug-likeness (QED) is 0.0203. The summed E-state index contributed by atoms with van der Waals surface area (Å²) in [5.74, 6) is -5.05. The number of Topliss-reactive ketones (excluding diaryl/α,β-unsaturated/α-hetero) is 5. The SMILES string of the molecule is C=C1C=C[C@]2(C)C(=C1)CC[C@@H]1[C@H]3C[C@H](C)[C@@](O)(C(=O)COC(=O)CCCC(=O)CCC)[C@]3(C)C[C@@H](O)[C@]12F.C=C1C=C[C@]2(C)C(=C1)CC[C@@H]1[C@H]3C[C@H](C)[C@@](O)(C(=O)COC(=O)CCCSSCC)[C@]3(C)C[C@@H](O)[C@]12F.C=C1C=C[C@]2(C)C(=C1)CC[C@@H]1[C@H]3C[C@H](C)[C@@](O)(C(=O)COC(=O)OCCC(=O)CCC)[C@]3(C)C[C@@H](O)[C@]12F. The van der Waals surface area contributed by atoms with Crippen molar-refractivity contribution in [2.45, 2.75) is 276 Å². The fraction of sp³-hybridized carbons (Fsp3) is 0.711. The van der Waals surface area contributed by atoms with Crippen LogP contribution in [-0.2, 0) is 52.5 Å². The number of carbonyl (C=O) groups is 8. The molecular formula is C90H125F3O18S2. The fourth-order valence-corrected chi connectivity index (χ4v) is 26.2. The molecule has 0 radical (unpaired) electrons. The molecule has 113 heavy (non-hydrogen) atoms. The van der Waals surface area contributed by atoms with Crippen LogP contribution in [-0.4, -0.2) is 168 Å². The molecule has 0 aromatic rings. The van der Waals surface area contributed by atoms with E-state index in [-0.39, 0.29) is 74.5 Å². The molecule has 0 saturated heterocycles. The lowest BCUT2D eigenvalue weighted by Gasteiger charge is -2.62. The van der Waals surface area contributed by atoms with Gasteiger partial charge in [-0.15, -0.1) is 0 Å². The number of fused-ring (bicyclic) bond motifs is 15. The number of rotatable bonds is 26. The summed E-state index contributed by atoms with van der Waals surface area (Å²) in [7, 11) is 3.44. The highest BCUT2D eigenvalue weighted by molar-refractivity contribution is 8.76. The van der Waals surface area contributed by atoms with Crippen molar-refractivity contribution >= 4 is 68.6 Å². The standard InChI is InChI=1S/C31H43FO6.C30H41FO7.C29H41FO5S2/c1-6-8-22(33)9-7-10-27(36)38-18-26(35)31(37)20(3)16-24-23-12-11-21-15-19(2)13-14-28(21,4)30(23,32)25(34)17-29(24,31)5;1-6-7-21(32)11-13-37-26(35)38-17-25(34)30(36)19(3)15-23-22-9-8-20-14-18(2)10-12-27(20,4)29(22,31)24(33)16-28(23,30)5;1-6-36-37-13-7-8-25(33)35-17-24(32)29(34)19(3)15-22-21-10-9-20-14-18(2)11-12-26(20,4)28(21,30)23(31)16-27(22,29)5/h13-15,20,23-25,34,37H,2,6-12,16-18H2,1,3-5H3;10,12,14,19,22-24,33,36H,2,6-9,11,13,15-17H2,1,3-5H3;11-12,14,19,21-23,31,34H,2,6-10,13,15-17H2,1,3-5H3/t20-,23+,24+,25+,28+,29+,30+,31+;19-,22+,23+,24+,27+,28+,29+,30+;19-,21+,22+,23+,26+,27+,28+,29+/m000/s1. The third-order valence-corrected chi connectivity index (χ3v) is 33.1. The Hall–Kier alpha value is -5.53. The second-order valence-electron chi connectivity index (χ2n) is 36.5. The van der Waals surface area contributed by atoms with Crippen LogP contribution >= 0.6 is 21.6 Å². The molecule has 0 amide bonds. The Balaban J connectivity index is 0.000000180. The van der Waals surface area contributed by atoms with E-state index < -0.39 is 175 Å². The van der Waals surface area contributed by atoms with E-state index >= 15 is 13.2 Å². The average Bonchev–Trinajstić information content (AvgIpc) is 1.61. The smallest absolute Gasteiger partial charge is 0.458 e. The van der Waals surface area contributed by atoms with Crippen molar-refractivity contribution < 1.29 is 101 Å². The van der Waals surface area contributed by atoms with Gasteiger partial charge in [-0.1, -0.05) is 175 Å². The summed E-state index contributed by atoms with van der Waals surface area (Å²) in [5, 5.41) is 70.2. The molecule has 9 saturated carbocycles. The zero-order valence-corrected chi connectivity index (χ0v) is 70.2. The number of halogens is 3. The van der Waals surface area contributed by atoms with Gasteiger partial charge in [0.05, 0.1) is 18.3 Å². The van der Waals surface area contributed by atoms with E-state index in [1.807, 2.05) is 91.0 Å². The number of ketones is 5. The van der Waals surface area contributed by atoms with E-state index in [1.54, 1.807) is 61.4 Å². The molecule has 9 fully saturated rings. The van der Waals surface area contributed by atoms with Gasteiger partial charge in [0.25, 0.3) is 0 Å². The number of hydrogen-bond acceptors (Lipinski definition) is 20. The molecule has 18 nitrogen and oxygen atoms in total. The van der Waals surface area contributed by atoms with E-state index in [1.165, 1.54) is 0 Å². The Bertz CT molecular complexity index is 3790. The fourth-order valence-electron chi connectivity index (χ4n) is 24.5. The Morgan fingerprint density at radius 3 is 1.12 bits per heavy atom. The molecule has 0 bridgehead atoms. The van der Waals surface area contributed by atoms with Crippen LogP contribution in [0.15, 0.2) is 108 Å². The van der Waals surface area contributed by atoms with Crippen molar-refractivity contribution in [3.05, 3.63) is 108 Å². The van der Waals surface area contributed by atoms with Crippen molar-refractivity contribution in [2.75, 3.05) is 37.9 Å². The van der Waals surface area contributed by atoms with Gasteiger partial charge in [-0.3, -0.25) is 33.6 Å². The number of esters is 2. The molecule has 12 aliphatic carbocycles. The molecule has 12 aliphatic rings. The molecule has 12 rings (SSSR count). The van der Waals surface area contributed by atoms with Crippen LogP contribution in [0.2, 0.25) is 0 Å². The molecule has 626 valence electrons. The maximum Gasteiger partial charge on any atom is 0.508 e. The van der Waals surface area contributed by atoms with Crippen LogP contribution < -0.4 is 0 Å². The van der Waals surface area contributed by atoms with Crippen molar-refractivity contribution in [1.29, 1.82) is 0 Å². The maximum absolute atomic E-state index is 17.3. The Labute approximate surface area is 674 Å². The molecule has 0 aromatic heterocycles. The third-order valence-electron chi connectivity index (χ3n) is 30.6. The minimum absolute atomic E-state index is 0.0240. The summed E-state index contributed by atoms with van der Waals surface area (Å²) >= 11 is 0. The minimum atomic E-state index is -1.96. The van der Waals surface area contributed by atoms with Gasteiger partial charge in [-0.25, -0.2) is 18.0 Å². The lowest BCUT2D eigenvalue weighted by atomic mass is 9.44. The van der Waals surface area contributed by atoms with E-state index in [4.69, 9.17) is 18.9 Å². The van der Waals surface area contributed by atoms with E-state index in [0.717, 1.165) is 51.4 Å². The molecule has 6 N–H and O–H groups in total. The number of alkyl halides is 3. The van der Waals surface area contributed by atoms with Crippen LogP contribution in [0, 0.1) is 85.8 Å². The number of hydrogen-bond donors (Lipinski definition) is 6. The van der Waals surface area contributed by atoms with Gasteiger partial charge < -0.3 is 49.6 Å². The molecular weight excluding hydrogens is 1490 g/mol. The second-order valence-corrected chi connectivity index (χ2v) is 39.4. The van der Waals surface area contributed by atoms with Crippen molar-refractivity contribution in [1.82, 2.24) is 0 Å². The molecule has 24 atom stereocenters. The van der Waals surface area contributed by atoms with Gasteiger partial charge in [-0.05, 0) is 176 Å². The molecule has 0 aromatic carbocycles. The van der Waals surface area contributed by atoms with Gasteiger partial charge in [0.1, 0.15) is 35.0 Å². The molecule has 0 spiro atoms. The zero-order chi connectivity index (χ0) is 83.4. The lowest BCUT2D eigenvalue weighted by molar-refractivity contribution is -0.219. The number of allylic oxidation sites excluding steroid dienone is 15. The largest absolute Gasteiger partial charge is 0.508 e. The van der Waals surface area contributed by atoms with Gasteiger partial charge in [0, 0.05) is 100 Å². The summed E-state index contributed by atoms with van der Waals surface area (Å²) < 4.78 is 72.3. The Morgan fingerprint density at radius 1 is 0.451 bits per heavy atom. The van der Waals surface area contributed by atoms with Crippen LogP contribution in [0.3, 0.4) is 0 Å². The first-order valence-electron chi connectivity index (χ1n) is 41.4. The summed E-state index contributed by atoms with van der Waals surface area (Å²) in [5.41, 5.74) is -12.3. The summed E-state index contributed by atoms with van der Waals surface area (Å²) in [4.78, 5) is 100. The third kappa shape index (κ3) is 14.8. The predicted octanol–water partition coefficient (Wildman–Crippen LogP) is 15.4. The number of carbonyl (C=O) groups excluding carboxylic acids is 8. The first-order chi connectivity index (χ1) is 52.9. The first kappa shape index (κ1) is 89.8. The van der Waals surface area contributed by atoms with Crippen molar-refractivity contribution in [2.24, 2.45) is 85.8 Å². The topological polar surface area (TPSA) is 295 Å². The highest BCUT2D eigenvalue weighted by Crippen LogP contribution is 2.75. The van der Waals surface area contributed by atoms with Crippen LogP contribution in [0.1, 0.15) is 224 Å². The lowest BCUT2D eigenvalue weighted by Crippen LogP contribution is -2.69. The first-order valence-corrected chi connectivity index (χ1v) is 43.9. The maximum atomic E-state index is 17.3. The number of ether oxygens (including phenoxy) is 4. The molecule has 0 aliphatic heterocycles. The van der Waals surface area contributed by atoms with E-state index in [9.17, 15) is 69.0 Å².